The Morgan fingerprint density at radius 1 is 0.632 bits per heavy atom. The van der Waals surface area contributed by atoms with Crippen LogP contribution in [-0.4, -0.2) is 24.1 Å². The lowest BCUT2D eigenvalue weighted by Crippen LogP contribution is -2.38. The molecular weight excluding hydrogens is 505 g/mol. The summed E-state index contributed by atoms with van der Waals surface area (Å²) in [6, 6.07) is 33.6. The number of ketones is 2. The summed E-state index contributed by atoms with van der Waals surface area (Å²) in [7, 11) is 0. The van der Waals surface area contributed by atoms with E-state index in [2.05, 4.69) is 73.2 Å². The van der Waals surface area contributed by atoms with Crippen LogP contribution in [0.1, 0.15) is 60.7 Å². The number of Topliss-reactive ketones (excluding diaryl/α,β-unsaturated/α-hetero) is 2. The van der Waals surface area contributed by atoms with E-state index in [1.165, 1.54) is 9.79 Å². The SMILES string of the molecule is CSc1ccc([C@H]2[C@@H]3C(=O)c4ccccc4[C@@H]3[C@H](c3ccc(SC)cc3)[C@@]23Cc2ccccc2C3=O)cc1. The molecule has 0 amide bonds. The van der Waals surface area contributed by atoms with E-state index >= 15 is 0 Å². The molecule has 4 aromatic rings. The molecule has 0 N–H and O–H groups in total. The molecule has 0 radical (unpaired) electrons. The fourth-order valence-corrected chi connectivity index (χ4v) is 8.62. The van der Waals surface area contributed by atoms with Gasteiger partial charge in [0.25, 0.3) is 0 Å². The molecule has 2 nitrogen and oxygen atoms in total. The molecule has 1 spiro atoms. The number of hydrogen-bond acceptors (Lipinski definition) is 4. The largest absolute Gasteiger partial charge is 0.294 e. The number of fused-ring (bicyclic) bond motifs is 4. The van der Waals surface area contributed by atoms with Crippen molar-refractivity contribution in [3.63, 3.8) is 0 Å². The van der Waals surface area contributed by atoms with Crippen LogP contribution in [0, 0.1) is 11.3 Å². The molecule has 0 unspecified atom stereocenters. The van der Waals surface area contributed by atoms with Gasteiger partial charge in [-0.15, -0.1) is 23.5 Å². The lowest BCUT2D eigenvalue weighted by molar-refractivity contribution is 0.0745. The number of carbonyl (C=O) groups excluding carboxylic acids is 2. The summed E-state index contributed by atoms with van der Waals surface area (Å²) in [6.07, 6.45) is 4.82. The lowest BCUT2D eigenvalue weighted by Gasteiger charge is -2.38. The quantitative estimate of drug-likeness (QED) is 0.249. The Hall–Kier alpha value is -3.08. The van der Waals surface area contributed by atoms with Crippen molar-refractivity contribution in [3.05, 3.63) is 130 Å². The molecule has 188 valence electrons. The first-order valence-corrected chi connectivity index (χ1v) is 15.6. The molecule has 3 aliphatic carbocycles. The molecule has 7 rings (SSSR count). The Morgan fingerprint density at radius 3 is 1.74 bits per heavy atom. The van der Waals surface area contributed by atoms with Gasteiger partial charge < -0.3 is 0 Å². The van der Waals surface area contributed by atoms with Gasteiger partial charge >= 0.3 is 0 Å². The van der Waals surface area contributed by atoms with E-state index in [9.17, 15) is 9.59 Å². The zero-order valence-corrected chi connectivity index (χ0v) is 23.0. The Kier molecular flexibility index (Phi) is 5.68. The summed E-state index contributed by atoms with van der Waals surface area (Å²) < 4.78 is 0. The van der Waals surface area contributed by atoms with E-state index < -0.39 is 5.41 Å². The topological polar surface area (TPSA) is 34.1 Å². The zero-order chi connectivity index (χ0) is 26.0. The van der Waals surface area contributed by atoms with E-state index in [4.69, 9.17) is 0 Å². The van der Waals surface area contributed by atoms with E-state index in [1.807, 2.05) is 36.4 Å². The highest BCUT2D eigenvalue weighted by Gasteiger charge is 2.70. The van der Waals surface area contributed by atoms with Crippen LogP contribution in [0.5, 0.6) is 0 Å². The maximum Gasteiger partial charge on any atom is 0.170 e. The fraction of sp³-hybridized carbons (Fsp3) is 0.235. The highest BCUT2D eigenvalue weighted by atomic mass is 32.2. The number of thioether (sulfide) groups is 2. The van der Waals surface area contributed by atoms with Gasteiger partial charge in [0.05, 0.1) is 5.41 Å². The second-order valence-corrected chi connectivity index (χ2v) is 12.5. The van der Waals surface area contributed by atoms with Gasteiger partial charge in [0, 0.05) is 44.6 Å². The van der Waals surface area contributed by atoms with E-state index in [0.29, 0.717) is 6.42 Å². The van der Waals surface area contributed by atoms with Crippen LogP contribution < -0.4 is 0 Å². The predicted octanol–water partition coefficient (Wildman–Crippen LogP) is 8.03. The van der Waals surface area contributed by atoms with E-state index in [1.54, 1.807) is 23.5 Å². The Morgan fingerprint density at radius 2 is 1.16 bits per heavy atom. The van der Waals surface area contributed by atoms with Crippen molar-refractivity contribution in [1.29, 1.82) is 0 Å². The second kappa shape index (κ2) is 9.00. The molecule has 0 bridgehead atoms. The van der Waals surface area contributed by atoms with E-state index in [0.717, 1.165) is 33.4 Å². The molecule has 5 atom stereocenters. The number of carbonyl (C=O) groups is 2. The van der Waals surface area contributed by atoms with Gasteiger partial charge in [0.15, 0.2) is 11.6 Å². The first kappa shape index (κ1) is 24.0. The summed E-state index contributed by atoms with van der Waals surface area (Å²) in [4.78, 5) is 31.4. The van der Waals surface area contributed by atoms with Crippen molar-refractivity contribution in [2.24, 2.45) is 11.3 Å². The first-order valence-electron chi connectivity index (χ1n) is 13.1. The molecule has 1 saturated carbocycles. The number of hydrogen-bond donors (Lipinski definition) is 0. The maximum absolute atomic E-state index is 14.8. The Labute approximate surface area is 232 Å². The third-order valence-corrected chi connectivity index (χ3v) is 10.7. The Balaban J connectivity index is 1.52. The Bertz CT molecular complexity index is 1570. The monoisotopic (exact) mass is 532 g/mol. The van der Waals surface area contributed by atoms with Crippen molar-refractivity contribution in [1.82, 2.24) is 0 Å². The number of benzene rings is 4. The predicted molar refractivity (Wildman–Crippen MR) is 156 cm³/mol. The highest BCUT2D eigenvalue weighted by molar-refractivity contribution is 7.98. The van der Waals surface area contributed by atoms with Gasteiger partial charge in [-0.2, -0.15) is 0 Å². The van der Waals surface area contributed by atoms with Crippen LogP contribution in [0.15, 0.2) is 107 Å². The van der Waals surface area contributed by atoms with Crippen LogP contribution in [0.3, 0.4) is 0 Å². The van der Waals surface area contributed by atoms with Crippen LogP contribution in [-0.2, 0) is 6.42 Å². The minimum Gasteiger partial charge on any atom is -0.294 e. The van der Waals surface area contributed by atoms with E-state index in [-0.39, 0.29) is 35.2 Å². The first-order chi connectivity index (χ1) is 18.6. The van der Waals surface area contributed by atoms with Crippen molar-refractivity contribution >= 4 is 35.1 Å². The maximum atomic E-state index is 14.8. The van der Waals surface area contributed by atoms with Gasteiger partial charge in [0.1, 0.15) is 0 Å². The van der Waals surface area contributed by atoms with Crippen LogP contribution >= 0.6 is 23.5 Å². The summed E-state index contributed by atoms with van der Waals surface area (Å²) in [5, 5.41) is 0. The third-order valence-electron chi connectivity index (χ3n) is 9.22. The fourth-order valence-electron chi connectivity index (χ4n) is 7.80. The smallest absolute Gasteiger partial charge is 0.170 e. The molecule has 3 aliphatic rings. The second-order valence-electron chi connectivity index (χ2n) is 10.7. The molecule has 0 saturated heterocycles. The van der Waals surface area contributed by atoms with Crippen LogP contribution in [0.25, 0.3) is 0 Å². The molecule has 38 heavy (non-hydrogen) atoms. The van der Waals surface area contributed by atoms with Crippen LogP contribution in [0.2, 0.25) is 0 Å². The van der Waals surface area contributed by atoms with Gasteiger partial charge in [-0.1, -0.05) is 72.8 Å². The van der Waals surface area contributed by atoms with Gasteiger partial charge in [0.2, 0.25) is 0 Å². The van der Waals surface area contributed by atoms with Crippen molar-refractivity contribution < 1.29 is 9.59 Å². The summed E-state index contributed by atoms with van der Waals surface area (Å²) in [6.45, 7) is 0. The van der Waals surface area contributed by atoms with Gasteiger partial charge in [-0.3, -0.25) is 9.59 Å². The molecule has 0 aromatic heterocycles. The molecular formula is C34H28O2S2. The van der Waals surface area contributed by atoms with Crippen molar-refractivity contribution in [3.8, 4) is 0 Å². The summed E-state index contributed by atoms with van der Waals surface area (Å²) in [5.74, 6) is -0.213. The summed E-state index contributed by atoms with van der Waals surface area (Å²) in [5.41, 5.74) is 5.41. The average Bonchev–Trinajstić information content (AvgIpc) is 3.54. The minimum atomic E-state index is -0.718. The third kappa shape index (κ3) is 3.23. The van der Waals surface area contributed by atoms with Crippen molar-refractivity contribution in [2.75, 3.05) is 12.5 Å². The van der Waals surface area contributed by atoms with Gasteiger partial charge in [-0.25, -0.2) is 0 Å². The highest BCUT2D eigenvalue weighted by Crippen LogP contribution is 2.72. The molecule has 4 aromatic carbocycles. The normalized spacial score (nSPS) is 27.0. The number of rotatable bonds is 4. The van der Waals surface area contributed by atoms with Gasteiger partial charge in [-0.05, 0) is 65.5 Å². The zero-order valence-electron chi connectivity index (χ0n) is 21.4. The average molecular weight is 533 g/mol. The lowest BCUT2D eigenvalue weighted by atomic mass is 9.62. The van der Waals surface area contributed by atoms with Crippen molar-refractivity contribution in [2.45, 2.75) is 34.0 Å². The molecule has 4 heteroatoms. The molecule has 0 aliphatic heterocycles. The summed E-state index contributed by atoms with van der Waals surface area (Å²) >= 11 is 3.43. The molecule has 0 heterocycles. The van der Waals surface area contributed by atoms with Crippen LogP contribution in [0.4, 0.5) is 0 Å². The molecule has 1 fully saturated rings. The minimum absolute atomic E-state index is 0.0395. The standard InChI is InChI=1S/C34H28O2S2/c1-37-23-15-11-20(12-16-23)30-28-26-9-5-6-10-27(26)32(35)29(28)31(21-13-17-24(38-2)18-14-21)34(30)19-22-7-3-4-8-25(22)33(34)36/h3-18,28-31H,19H2,1-2H3/t28-,29+,30-,31-,34-/m0/s1.